The van der Waals surface area contributed by atoms with E-state index in [1.165, 1.54) is 36.4 Å². The van der Waals surface area contributed by atoms with Gasteiger partial charge in [-0.1, -0.05) is 56.6 Å². The molecule has 0 aliphatic rings. The largest absolute Gasteiger partial charge is 0.478 e. The molecule has 3 aromatic rings. The Morgan fingerprint density at radius 3 is 2.10 bits per heavy atom. The van der Waals surface area contributed by atoms with Gasteiger partial charge in [0.25, 0.3) is 5.91 Å². The fourth-order valence-electron chi connectivity index (χ4n) is 3.02. The molecule has 0 atom stereocenters. The fraction of sp³-hybridized carbons (Fsp3) is 0.167. The summed E-state index contributed by atoms with van der Waals surface area (Å²) in [6, 6.07) is 15.5. The average Bonchev–Trinajstić information content (AvgIpc) is 2.68. The Morgan fingerprint density at radius 2 is 1.57 bits per heavy atom. The van der Waals surface area contributed by atoms with Crippen LogP contribution in [0.1, 0.15) is 47.1 Å². The molecular weight excluding hydrogens is 405 g/mol. The van der Waals surface area contributed by atoms with Crippen LogP contribution in [0.15, 0.2) is 60.7 Å². The molecule has 6 heteroatoms. The summed E-state index contributed by atoms with van der Waals surface area (Å²) in [4.78, 5) is 24.5. The predicted octanol–water partition coefficient (Wildman–Crippen LogP) is 6.39. The zero-order valence-electron chi connectivity index (χ0n) is 16.8. The summed E-state index contributed by atoms with van der Waals surface area (Å²) in [5.41, 5.74) is 2.41. The molecule has 0 fully saturated rings. The Morgan fingerprint density at radius 1 is 0.967 bits per heavy atom. The Bertz CT molecular complexity index is 1100. The van der Waals surface area contributed by atoms with Gasteiger partial charge < -0.3 is 10.4 Å². The van der Waals surface area contributed by atoms with Gasteiger partial charge in [0.15, 0.2) is 0 Å². The number of hydrogen-bond acceptors (Lipinski definition) is 2. The highest BCUT2D eigenvalue weighted by Gasteiger charge is 2.19. The van der Waals surface area contributed by atoms with E-state index in [2.05, 4.69) is 26.1 Å². The first-order valence-corrected chi connectivity index (χ1v) is 9.69. The van der Waals surface area contributed by atoms with Gasteiger partial charge in [-0.3, -0.25) is 4.79 Å². The third-order valence-corrected chi connectivity index (χ3v) is 5.07. The standard InChI is InChI=1S/C24H21ClFNO3/c1-24(2,3)16-8-4-15(5-9-16)22(28)27-21-13-20(25)18(12-19(21)23(29)30)14-6-10-17(26)11-7-14/h4-13H,1-3H3,(H,27,28)(H,29,30). The smallest absolute Gasteiger partial charge is 0.337 e. The van der Waals surface area contributed by atoms with Crippen LogP contribution in [-0.4, -0.2) is 17.0 Å². The van der Waals surface area contributed by atoms with Crippen molar-refractivity contribution in [1.82, 2.24) is 0 Å². The maximum absolute atomic E-state index is 13.2. The molecule has 0 heterocycles. The first kappa shape index (κ1) is 21.5. The number of carbonyl (C=O) groups excluding carboxylic acids is 1. The van der Waals surface area contributed by atoms with E-state index in [9.17, 15) is 19.1 Å². The van der Waals surface area contributed by atoms with Crippen LogP contribution in [0.3, 0.4) is 0 Å². The van der Waals surface area contributed by atoms with Crippen molar-refractivity contribution in [2.45, 2.75) is 26.2 Å². The molecule has 0 saturated carbocycles. The number of nitrogens with one attached hydrogen (secondary N) is 1. The number of hydrogen-bond donors (Lipinski definition) is 2. The fourth-order valence-corrected chi connectivity index (χ4v) is 3.29. The Hall–Kier alpha value is -3.18. The highest BCUT2D eigenvalue weighted by molar-refractivity contribution is 6.34. The van der Waals surface area contributed by atoms with Gasteiger partial charge in [-0.2, -0.15) is 0 Å². The van der Waals surface area contributed by atoms with E-state index >= 15 is 0 Å². The minimum absolute atomic E-state index is 0.0464. The van der Waals surface area contributed by atoms with Crippen molar-refractivity contribution in [3.63, 3.8) is 0 Å². The number of aromatic carboxylic acids is 1. The molecular formula is C24H21ClFNO3. The number of carboxylic acids is 1. The first-order chi connectivity index (χ1) is 14.1. The van der Waals surface area contributed by atoms with Crippen molar-refractivity contribution in [1.29, 1.82) is 0 Å². The number of rotatable bonds is 4. The zero-order chi connectivity index (χ0) is 22.1. The summed E-state index contributed by atoms with van der Waals surface area (Å²) < 4.78 is 13.2. The molecule has 2 N–H and O–H groups in total. The molecule has 0 aromatic heterocycles. The van der Waals surface area contributed by atoms with Gasteiger partial charge in [0.05, 0.1) is 16.3 Å². The highest BCUT2D eigenvalue weighted by atomic mass is 35.5. The summed E-state index contributed by atoms with van der Waals surface area (Å²) in [5, 5.41) is 12.5. The molecule has 3 rings (SSSR count). The van der Waals surface area contributed by atoms with E-state index in [1.54, 1.807) is 12.1 Å². The second kappa shape index (κ2) is 8.28. The van der Waals surface area contributed by atoms with Crippen LogP contribution in [0.25, 0.3) is 11.1 Å². The molecule has 0 aliphatic carbocycles. The molecule has 0 radical (unpaired) electrons. The Kier molecular flexibility index (Phi) is 5.94. The van der Waals surface area contributed by atoms with Crippen molar-refractivity contribution in [2.24, 2.45) is 0 Å². The zero-order valence-corrected chi connectivity index (χ0v) is 17.5. The number of benzene rings is 3. The number of halogens is 2. The summed E-state index contributed by atoms with van der Waals surface area (Å²) in [5.74, 6) is -2.06. The van der Waals surface area contributed by atoms with E-state index in [0.29, 0.717) is 16.7 Å². The monoisotopic (exact) mass is 425 g/mol. The predicted molar refractivity (Wildman–Crippen MR) is 117 cm³/mol. The molecule has 4 nitrogen and oxygen atoms in total. The van der Waals surface area contributed by atoms with Gasteiger partial charge >= 0.3 is 5.97 Å². The lowest BCUT2D eigenvalue weighted by Gasteiger charge is -2.19. The second-order valence-electron chi connectivity index (χ2n) is 7.97. The normalized spacial score (nSPS) is 11.2. The van der Waals surface area contributed by atoms with Crippen molar-refractivity contribution in [2.75, 3.05) is 5.32 Å². The van der Waals surface area contributed by atoms with E-state index in [0.717, 1.165) is 5.56 Å². The Labute approximate surface area is 179 Å². The lowest BCUT2D eigenvalue weighted by atomic mass is 9.86. The second-order valence-corrected chi connectivity index (χ2v) is 8.38. The highest BCUT2D eigenvalue weighted by Crippen LogP contribution is 2.33. The molecule has 0 unspecified atom stereocenters. The van der Waals surface area contributed by atoms with Crippen molar-refractivity contribution in [3.05, 3.63) is 88.2 Å². The van der Waals surface area contributed by atoms with Crippen molar-refractivity contribution in [3.8, 4) is 11.1 Å². The van der Waals surface area contributed by atoms with Crippen LogP contribution in [0.5, 0.6) is 0 Å². The molecule has 0 saturated heterocycles. The van der Waals surface area contributed by atoms with Crippen molar-refractivity contribution >= 4 is 29.2 Å². The number of amides is 1. The van der Waals surface area contributed by atoms with E-state index < -0.39 is 17.7 Å². The third kappa shape index (κ3) is 4.69. The quantitative estimate of drug-likeness (QED) is 0.508. The maximum atomic E-state index is 13.2. The first-order valence-electron chi connectivity index (χ1n) is 9.31. The van der Waals surface area contributed by atoms with Gasteiger partial charge in [0, 0.05) is 11.1 Å². The number of carbonyl (C=O) groups is 2. The van der Waals surface area contributed by atoms with Gasteiger partial charge in [-0.05, 0) is 52.9 Å². The van der Waals surface area contributed by atoms with Crippen LogP contribution in [0.2, 0.25) is 5.02 Å². The summed E-state index contributed by atoms with van der Waals surface area (Å²) in [6.45, 7) is 6.23. The molecule has 0 aliphatic heterocycles. The summed E-state index contributed by atoms with van der Waals surface area (Å²) >= 11 is 6.34. The van der Waals surface area contributed by atoms with Gasteiger partial charge in [-0.15, -0.1) is 0 Å². The van der Waals surface area contributed by atoms with Crippen LogP contribution in [0, 0.1) is 5.82 Å². The third-order valence-electron chi connectivity index (χ3n) is 4.75. The van der Waals surface area contributed by atoms with Crippen LogP contribution in [0.4, 0.5) is 10.1 Å². The lowest BCUT2D eigenvalue weighted by Crippen LogP contribution is -2.16. The average molecular weight is 426 g/mol. The van der Waals surface area contributed by atoms with E-state index in [1.807, 2.05) is 12.1 Å². The van der Waals surface area contributed by atoms with Gasteiger partial charge in [-0.25, -0.2) is 9.18 Å². The van der Waals surface area contributed by atoms with E-state index in [-0.39, 0.29) is 21.7 Å². The van der Waals surface area contributed by atoms with E-state index in [4.69, 9.17) is 11.6 Å². The molecule has 0 spiro atoms. The summed E-state index contributed by atoms with van der Waals surface area (Å²) in [7, 11) is 0. The number of anilines is 1. The molecule has 154 valence electrons. The van der Waals surface area contributed by atoms with Gasteiger partial charge in [0.1, 0.15) is 5.82 Å². The molecule has 0 bridgehead atoms. The molecule has 30 heavy (non-hydrogen) atoms. The maximum Gasteiger partial charge on any atom is 0.337 e. The van der Waals surface area contributed by atoms with Crippen LogP contribution < -0.4 is 5.32 Å². The minimum Gasteiger partial charge on any atom is -0.478 e. The SMILES string of the molecule is CC(C)(C)c1ccc(C(=O)Nc2cc(Cl)c(-c3ccc(F)cc3)cc2C(=O)O)cc1. The lowest BCUT2D eigenvalue weighted by molar-refractivity contribution is 0.0698. The van der Waals surface area contributed by atoms with Gasteiger partial charge in [0.2, 0.25) is 0 Å². The minimum atomic E-state index is -1.21. The molecule has 3 aromatic carbocycles. The number of carboxylic acid groups (broad SMARTS) is 1. The van der Waals surface area contributed by atoms with Crippen LogP contribution in [-0.2, 0) is 5.41 Å². The summed E-state index contributed by atoms with van der Waals surface area (Å²) in [6.07, 6.45) is 0. The molecule has 1 amide bonds. The van der Waals surface area contributed by atoms with Crippen LogP contribution >= 0.6 is 11.6 Å². The van der Waals surface area contributed by atoms with Crippen molar-refractivity contribution < 1.29 is 19.1 Å². The topological polar surface area (TPSA) is 66.4 Å². The Balaban J connectivity index is 1.93.